The molecule has 0 spiro atoms. The normalized spacial score (nSPS) is 11.2. The Morgan fingerprint density at radius 1 is 1.19 bits per heavy atom. The molecule has 0 saturated carbocycles. The molecule has 0 radical (unpaired) electrons. The number of carbonyl (C=O) groups excluding carboxylic acids is 2. The highest BCUT2D eigenvalue weighted by molar-refractivity contribution is 6.10. The first-order valence-corrected chi connectivity index (χ1v) is 8.26. The molecule has 0 saturated heterocycles. The van der Waals surface area contributed by atoms with Crippen LogP contribution in [-0.4, -0.2) is 32.7 Å². The van der Waals surface area contributed by atoms with Gasteiger partial charge in [-0.05, 0) is 37.6 Å². The molecule has 1 N–H and O–H groups in total. The van der Waals surface area contributed by atoms with Crippen LogP contribution in [0.25, 0.3) is 16.6 Å². The molecular formula is C20H17N3O3. The number of esters is 1. The van der Waals surface area contributed by atoms with Crippen molar-refractivity contribution < 1.29 is 14.3 Å². The summed E-state index contributed by atoms with van der Waals surface area (Å²) in [7, 11) is 0. The number of rotatable bonds is 4. The highest BCUT2D eigenvalue weighted by atomic mass is 16.5. The Morgan fingerprint density at radius 3 is 2.85 bits per heavy atom. The summed E-state index contributed by atoms with van der Waals surface area (Å²) in [5.41, 5.74) is 4.09. The summed E-state index contributed by atoms with van der Waals surface area (Å²) >= 11 is 0. The average Bonchev–Trinajstić information content (AvgIpc) is 3.18. The zero-order valence-electron chi connectivity index (χ0n) is 14.4. The van der Waals surface area contributed by atoms with E-state index >= 15 is 0 Å². The fourth-order valence-electron chi connectivity index (χ4n) is 3.10. The lowest BCUT2D eigenvalue weighted by Crippen LogP contribution is -2.15. The first-order chi connectivity index (χ1) is 12.5. The highest BCUT2D eigenvalue weighted by Crippen LogP contribution is 2.22. The van der Waals surface area contributed by atoms with E-state index in [0.29, 0.717) is 11.2 Å². The second kappa shape index (κ2) is 6.15. The minimum atomic E-state index is -0.614. The molecule has 0 atom stereocenters. The molecule has 0 bridgehead atoms. The molecular weight excluding hydrogens is 330 g/mol. The van der Waals surface area contributed by atoms with Gasteiger partial charge in [-0.3, -0.25) is 4.79 Å². The van der Waals surface area contributed by atoms with Gasteiger partial charge in [-0.2, -0.15) is 0 Å². The summed E-state index contributed by atoms with van der Waals surface area (Å²) in [5.74, 6) is -0.856. The van der Waals surface area contributed by atoms with Crippen LogP contribution in [0.5, 0.6) is 0 Å². The number of hydrogen-bond acceptors (Lipinski definition) is 4. The number of aryl methyl sites for hydroxylation is 2. The number of carbonyl (C=O) groups is 2. The Hall–Kier alpha value is -3.41. The Bertz CT molecular complexity index is 1150. The molecule has 26 heavy (non-hydrogen) atoms. The van der Waals surface area contributed by atoms with Crippen molar-refractivity contribution in [2.45, 2.75) is 13.8 Å². The number of aromatic nitrogens is 3. The topological polar surface area (TPSA) is 76.5 Å². The summed E-state index contributed by atoms with van der Waals surface area (Å²) in [5, 5.41) is 0.828. The molecule has 0 aliphatic rings. The lowest BCUT2D eigenvalue weighted by atomic mass is 10.1. The molecule has 4 aromatic rings. The van der Waals surface area contributed by atoms with Crippen LogP contribution >= 0.6 is 0 Å². The number of fused-ring (bicyclic) bond motifs is 2. The SMILES string of the molecule is Cc1ccn2cc(C(=O)OCC(=O)c3c(C)[nH]c4ccccc34)nc2c1. The average molecular weight is 347 g/mol. The van der Waals surface area contributed by atoms with Gasteiger partial charge in [-0.1, -0.05) is 18.2 Å². The summed E-state index contributed by atoms with van der Waals surface area (Å²) in [4.78, 5) is 32.3. The predicted octanol–water partition coefficient (Wildman–Crippen LogP) is 3.47. The third-order valence-corrected chi connectivity index (χ3v) is 4.33. The maximum Gasteiger partial charge on any atom is 0.359 e. The second-order valence-corrected chi connectivity index (χ2v) is 6.27. The van der Waals surface area contributed by atoms with E-state index in [9.17, 15) is 9.59 Å². The number of aromatic amines is 1. The molecule has 0 unspecified atom stereocenters. The monoisotopic (exact) mass is 347 g/mol. The van der Waals surface area contributed by atoms with E-state index in [1.807, 2.05) is 56.4 Å². The van der Waals surface area contributed by atoms with Crippen molar-refractivity contribution in [3.63, 3.8) is 0 Å². The van der Waals surface area contributed by atoms with E-state index in [1.54, 1.807) is 10.6 Å². The minimum Gasteiger partial charge on any atom is -0.453 e. The number of pyridine rings is 1. The van der Waals surface area contributed by atoms with Gasteiger partial charge in [0.25, 0.3) is 0 Å². The van der Waals surface area contributed by atoms with Crippen molar-refractivity contribution in [3.8, 4) is 0 Å². The second-order valence-electron chi connectivity index (χ2n) is 6.27. The van der Waals surface area contributed by atoms with Gasteiger partial charge in [-0.15, -0.1) is 0 Å². The van der Waals surface area contributed by atoms with Crippen molar-refractivity contribution >= 4 is 28.3 Å². The van der Waals surface area contributed by atoms with Crippen LogP contribution in [0.15, 0.2) is 48.8 Å². The zero-order valence-corrected chi connectivity index (χ0v) is 14.4. The summed E-state index contributed by atoms with van der Waals surface area (Å²) in [6.07, 6.45) is 3.42. The van der Waals surface area contributed by atoms with E-state index in [4.69, 9.17) is 4.74 Å². The van der Waals surface area contributed by atoms with Gasteiger partial charge >= 0.3 is 5.97 Å². The first-order valence-electron chi connectivity index (χ1n) is 8.26. The standard InChI is InChI=1S/C20H17N3O3/c1-12-7-8-23-10-16(22-18(23)9-12)20(25)26-11-17(24)19-13(2)21-15-6-4-3-5-14(15)19/h3-10,21H,11H2,1-2H3. The maximum atomic E-state index is 12.6. The quantitative estimate of drug-likeness (QED) is 0.453. The fourth-order valence-corrected chi connectivity index (χ4v) is 3.10. The first kappa shape index (κ1) is 16.1. The lowest BCUT2D eigenvalue weighted by Gasteiger charge is -2.03. The van der Waals surface area contributed by atoms with Crippen molar-refractivity contribution in [2.24, 2.45) is 0 Å². The van der Waals surface area contributed by atoms with Gasteiger partial charge in [0.2, 0.25) is 5.78 Å². The van der Waals surface area contributed by atoms with Crippen molar-refractivity contribution in [3.05, 3.63) is 71.3 Å². The van der Waals surface area contributed by atoms with Gasteiger partial charge in [0.1, 0.15) is 5.65 Å². The van der Waals surface area contributed by atoms with E-state index < -0.39 is 5.97 Å². The lowest BCUT2D eigenvalue weighted by molar-refractivity contribution is 0.0470. The number of hydrogen-bond donors (Lipinski definition) is 1. The molecule has 3 heterocycles. The number of benzene rings is 1. The third-order valence-electron chi connectivity index (χ3n) is 4.33. The molecule has 0 amide bonds. The fraction of sp³-hybridized carbons (Fsp3) is 0.150. The zero-order chi connectivity index (χ0) is 18.3. The maximum absolute atomic E-state index is 12.6. The van der Waals surface area contributed by atoms with Crippen LogP contribution in [-0.2, 0) is 4.74 Å². The summed E-state index contributed by atoms with van der Waals surface area (Å²) in [6, 6.07) is 11.3. The van der Waals surface area contributed by atoms with E-state index in [1.165, 1.54) is 0 Å². The van der Waals surface area contributed by atoms with Crippen LogP contribution in [0.1, 0.15) is 32.1 Å². The minimum absolute atomic E-state index is 0.180. The summed E-state index contributed by atoms with van der Waals surface area (Å²) in [6.45, 7) is 3.46. The van der Waals surface area contributed by atoms with Gasteiger partial charge in [-0.25, -0.2) is 9.78 Å². The molecule has 3 aromatic heterocycles. The Morgan fingerprint density at radius 2 is 2.00 bits per heavy atom. The number of Topliss-reactive ketones (excluding diaryl/α,β-unsaturated/α-hetero) is 1. The molecule has 130 valence electrons. The van der Waals surface area contributed by atoms with Crippen LogP contribution in [0.4, 0.5) is 0 Å². The Balaban J connectivity index is 1.53. The van der Waals surface area contributed by atoms with Crippen LogP contribution in [0, 0.1) is 13.8 Å². The summed E-state index contributed by atoms with van der Waals surface area (Å²) < 4.78 is 6.94. The largest absolute Gasteiger partial charge is 0.453 e. The molecule has 0 aliphatic heterocycles. The smallest absolute Gasteiger partial charge is 0.359 e. The highest BCUT2D eigenvalue weighted by Gasteiger charge is 2.19. The van der Waals surface area contributed by atoms with Crippen molar-refractivity contribution in [1.29, 1.82) is 0 Å². The number of nitrogens with one attached hydrogen (secondary N) is 1. The molecule has 1 aromatic carbocycles. The van der Waals surface area contributed by atoms with Gasteiger partial charge in [0.15, 0.2) is 12.3 Å². The van der Waals surface area contributed by atoms with Gasteiger partial charge in [0, 0.05) is 34.6 Å². The number of H-pyrrole nitrogens is 1. The number of ether oxygens (including phenoxy) is 1. The third kappa shape index (κ3) is 2.75. The van der Waals surface area contributed by atoms with E-state index in [-0.39, 0.29) is 18.1 Å². The van der Waals surface area contributed by atoms with Gasteiger partial charge < -0.3 is 14.1 Å². The molecule has 6 heteroatoms. The van der Waals surface area contributed by atoms with Crippen LogP contribution < -0.4 is 0 Å². The van der Waals surface area contributed by atoms with Crippen molar-refractivity contribution in [1.82, 2.24) is 14.4 Å². The Labute approximate surface area is 149 Å². The molecule has 0 fully saturated rings. The number of para-hydroxylation sites is 1. The number of nitrogens with zero attached hydrogens (tertiary/aromatic N) is 2. The predicted molar refractivity (Wildman–Crippen MR) is 97.6 cm³/mol. The molecule has 0 aliphatic carbocycles. The van der Waals surface area contributed by atoms with Crippen LogP contribution in [0.3, 0.4) is 0 Å². The number of imidazole rings is 1. The van der Waals surface area contributed by atoms with E-state index in [0.717, 1.165) is 22.2 Å². The van der Waals surface area contributed by atoms with Crippen molar-refractivity contribution in [2.75, 3.05) is 6.61 Å². The Kier molecular flexibility index (Phi) is 3.80. The van der Waals surface area contributed by atoms with E-state index in [2.05, 4.69) is 9.97 Å². The number of ketones is 1. The van der Waals surface area contributed by atoms with Crippen LogP contribution in [0.2, 0.25) is 0 Å². The molecule has 4 rings (SSSR count). The molecule has 6 nitrogen and oxygen atoms in total. The van der Waals surface area contributed by atoms with Gasteiger partial charge in [0.05, 0.1) is 0 Å².